The number of aryl methyl sites for hydroxylation is 1. The summed E-state index contributed by atoms with van der Waals surface area (Å²) in [6.07, 6.45) is 3.96. The van der Waals surface area contributed by atoms with Crippen molar-refractivity contribution >= 4 is 28.3 Å². The number of amides is 1. The van der Waals surface area contributed by atoms with Gasteiger partial charge in [0.05, 0.1) is 23.7 Å². The van der Waals surface area contributed by atoms with Crippen molar-refractivity contribution in [2.24, 2.45) is 0 Å². The number of aromatic nitrogens is 3. The molecule has 0 saturated carbocycles. The van der Waals surface area contributed by atoms with Crippen LogP contribution in [0.3, 0.4) is 0 Å². The first kappa shape index (κ1) is 14.4. The van der Waals surface area contributed by atoms with Gasteiger partial charge in [-0.2, -0.15) is 5.10 Å². The van der Waals surface area contributed by atoms with Crippen LogP contribution in [0.15, 0.2) is 29.8 Å². The quantitative estimate of drug-likeness (QED) is 0.743. The fourth-order valence-electron chi connectivity index (χ4n) is 3.11. The largest absolute Gasteiger partial charge is 0.339 e. The summed E-state index contributed by atoms with van der Waals surface area (Å²) < 4.78 is 1.88. The molecule has 0 aromatic carbocycles. The summed E-state index contributed by atoms with van der Waals surface area (Å²) in [5, 5.41) is 7.38. The summed E-state index contributed by atoms with van der Waals surface area (Å²) >= 11 is 1.70. The van der Waals surface area contributed by atoms with Gasteiger partial charge in [-0.05, 0) is 37.3 Å². The minimum Gasteiger partial charge on any atom is -0.339 e. The summed E-state index contributed by atoms with van der Waals surface area (Å²) in [7, 11) is 0. The van der Waals surface area contributed by atoms with Gasteiger partial charge in [0.15, 0.2) is 5.65 Å². The topological polar surface area (TPSA) is 51.0 Å². The summed E-state index contributed by atoms with van der Waals surface area (Å²) in [6, 6.07) is 6.01. The lowest BCUT2D eigenvalue weighted by Crippen LogP contribution is -2.27. The van der Waals surface area contributed by atoms with Crippen molar-refractivity contribution in [3.8, 4) is 0 Å². The molecule has 1 fully saturated rings. The average molecular weight is 326 g/mol. The Bertz CT molecular complexity index is 847. The molecule has 1 aliphatic rings. The second-order valence-corrected chi connectivity index (χ2v) is 6.96. The monoisotopic (exact) mass is 326 g/mol. The van der Waals surface area contributed by atoms with Crippen LogP contribution in [0, 0.1) is 6.92 Å². The molecule has 3 aromatic rings. The number of fused-ring (bicyclic) bond motifs is 1. The number of rotatable bonds is 3. The number of likely N-dealkylation sites (tertiary alicyclic amines) is 1. The lowest BCUT2D eigenvalue weighted by molar-refractivity contribution is 0.0794. The van der Waals surface area contributed by atoms with Gasteiger partial charge in [-0.25, -0.2) is 9.67 Å². The lowest BCUT2D eigenvalue weighted by atomic mass is 10.1. The number of carbonyl (C=O) groups excluding carboxylic acids is 1. The van der Waals surface area contributed by atoms with E-state index in [2.05, 4.69) is 21.5 Å². The van der Waals surface area contributed by atoms with Crippen LogP contribution in [0.25, 0.3) is 11.0 Å². The molecular weight excluding hydrogens is 308 g/mol. The highest BCUT2D eigenvalue weighted by Crippen LogP contribution is 2.23. The molecule has 5 nitrogen and oxygen atoms in total. The standard InChI is InChI=1S/C17H18N4OS/c1-12-9-14(17(22)20-6-2-3-7-20)15-10-18-21(16(15)19-12)11-13-5-4-8-23-13/h4-5,8-10H,2-3,6-7,11H2,1H3. The molecule has 1 aliphatic heterocycles. The zero-order chi connectivity index (χ0) is 15.8. The Morgan fingerprint density at radius 2 is 2.17 bits per heavy atom. The van der Waals surface area contributed by atoms with Crippen molar-refractivity contribution in [3.05, 3.63) is 45.9 Å². The van der Waals surface area contributed by atoms with Crippen molar-refractivity contribution in [1.82, 2.24) is 19.7 Å². The van der Waals surface area contributed by atoms with Crippen molar-refractivity contribution in [2.45, 2.75) is 26.3 Å². The molecule has 0 spiro atoms. The number of thiophene rings is 1. The van der Waals surface area contributed by atoms with E-state index in [1.807, 2.05) is 28.6 Å². The Hall–Kier alpha value is -2.21. The Morgan fingerprint density at radius 3 is 2.91 bits per heavy atom. The van der Waals surface area contributed by atoms with Crippen LogP contribution in [0.4, 0.5) is 0 Å². The van der Waals surface area contributed by atoms with Crippen molar-refractivity contribution in [1.29, 1.82) is 0 Å². The molecule has 0 unspecified atom stereocenters. The normalized spacial score (nSPS) is 14.7. The van der Waals surface area contributed by atoms with E-state index in [0.717, 1.165) is 48.2 Å². The van der Waals surface area contributed by atoms with Gasteiger partial charge in [0.2, 0.25) is 0 Å². The van der Waals surface area contributed by atoms with Crippen molar-refractivity contribution in [2.75, 3.05) is 13.1 Å². The zero-order valence-corrected chi connectivity index (χ0v) is 13.8. The van der Waals surface area contributed by atoms with Crippen molar-refractivity contribution < 1.29 is 4.79 Å². The molecular formula is C17H18N4OS. The molecule has 6 heteroatoms. The van der Waals surface area contributed by atoms with Crippen LogP contribution in [0.5, 0.6) is 0 Å². The fourth-order valence-corrected chi connectivity index (χ4v) is 3.79. The first-order valence-electron chi connectivity index (χ1n) is 7.87. The molecule has 1 amide bonds. The van der Waals surface area contributed by atoms with Gasteiger partial charge in [-0.3, -0.25) is 4.79 Å². The fraction of sp³-hybridized carbons (Fsp3) is 0.353. The van der Waals surface area contributed by atoms with E-state index in [0.29, 0.717) is 6.54 Å². The van der Waals surface area contributed by atoms with Crippen LogP contribution < -0.4 is 0 Å². The van der Waals surface area contributed by atoms with E-state index in [1.54, 1.807) is 17.5 Å². The Kier molecular flexibility index (Phi) is 3.61. The minimum absolute atomic E-state index is 0.105. The van der Waals surface area contributed by atoms with Gasteiger partial charge >= 0.3 is 0 Å². The second kappa shape index (κ2) is 5.77. The lowest BCUT2D eigenvalue weighted by Gasteiger charge is -2.16. The zero-order valence-electron chi connectivity index (χ0n) is 13.0. The van der Waals surface area contributed by atoms with Crippen LogP contribution in [0.1, 0.15) is 33.8 Å². The van der Waals surface area contributed by atoms with Crippen LogP contribution in [-0.4, -0.2) is 38.7 Å². The third-order valence-corrected chi connectivity index (χ3v) is 5.11. The smallest absolute Gasteiger partial charge is 0.254 e. The Balaban J connectivity index is 1.76. The first-order chi connectivity index (χ1) is 11.2. The first-order valence-corrected chi connectivity index (χ1v) is 8.75. The molecule has 0 radical (unpaired) electrons. The van der Waals surface area contributed by atoms with E-state index >= 15 is 0 Å². The van der Waals surface area contributed by atoms with Gasteiger partial charge < -0.3 is 4.90 Å². The number of carbonyl (C=O) groups is 1. The van der Waals surface area contributed by atoms with E-state index in [-0.39, 0.29) is 5.91 Å². The molecule has 3 aromatic heterocycles. The summed E-state index contributed by atoms with van der Waals surface area (Å²) in [6.45, 7) is 4.33. The molecule has 0 bridgehead atoms. The average Bonchev–Trinajstić information content (AvgIpc) is 3.28. The van der Waals surface area contributed by atoms with Gasteiger partial charge in [0.25, 0.3) is 5.91 Å². The van der Waals surface area contributed by atoms with E-state index in [4.69, 9.17) is 0 Å². The van der Waals surface area contributed by atoms with Gasteiger partial charge in [0, 0.05) is 23.7 Å². The Morgan fingerprint density at radius 1 is 1.35 bits per heavy atom. The predicted molar refractivity (Wildman–Crippen MR) is 90.8 cm³/mol. The maximum atomic E-state index is 12.8. The number of nitrogens with zero attached hydrogens (tertiary/aromatic N) is 4. The molecule has 4 heterocycles. The number of pyridine rings is 1. The Labute approximate surface area is 138 Å². The minimum atomic E-state index is 0.105. The highest BCUT2D eigenvalue weighted by atomic mass is 32.1. The molecule has 1 saturated heterocycles. The third-order valence-electron chi connectivity index (χ3n) is 4.25. The van der Waals surface area contributed by atoms with E-state index in [1.165, 1.54) is 4.88 Å². The van der Waals surface area contributed by atoms with Crippen LogP contribution in [-0.2, 0) is 6.54 Å². The summed E-state index contributed by atoms with van der Waals surface area (Å²) in [4.78, 5) is 20.6. The molecule has 4 rings (SSSR count). The number of hydrogen-bond donors (Lipinski definition) is 0. The maximum absolute atomic E-state index is 12.8. The molecule has 0 aliphatic carbocycles. The van der Waals surface area contributed by atoms with E-state index < -0.39 is 0 Å². The van der Waals surface area contributed by atoms with Crippen molar-refractivity contribution in [3.63, 3.8) is 0 Å². The SMILES string of the molecule is Cc1cc(C(=O)N2CCCC2)c2cnn(Cc3cccs3)c2n1. The van der Waals surface area contributed by atoms with Gasteiger partial charge in [0.1, 0.15) is 0 Å². The summed E-state index contributed by atoms with van der Waals surface area (Å²) in [5.41, 5.74) is 2.38. The summed E-state index contributed by atoms with van der Waals surface area (Å²) in [5.74, 6) is 0.105. The molecule has 0 atom stereocenters. The van der Waals surface area contributed by atoms with E-state index in [9.17, 15) is 4.79 Å². The molecule has 118 valence electrons. The maximum Gasteiger partial charge on any atom is 0.254 e. The highest BCUT2D eigenvalue weighted by molar-refractivity contribution is 7.09. The highest BCUT2D eigenvalue weighted by Gasteiger charge is 2.23. The van der Waals surface area contributed by atoms with Gasteiger partial charge in [-0.1, -0.05) is 6.07 Å². The second-order valence-electron chi connectivity index (χ2n) is 5.93. The predicted octanol–water partition coefficient (Wildman–Crippen LogP) is 3.09. The number of hydrogen-bond acceptors (Lipinski definition) is 4. The molecule has 0 N–H and O–H groups in total. The van der Waals surface area contributed by atoms with Crippen LogP contribution in [0.2, 0.25) is 0 Å². The van der Waals surface area contributed by atoms with Gasteiger partial charge in [-0.15, -0.1) is 11.3 Å². The molecule has 23 heavy (non-hydrogen) atoms. The third kappa shape index (κ3) is 2.63. The van der Waals surface area contributed by atoms with Crippen LogP contribution >= 0.6 is 11.3 Å².